The van der Waals surface area contributed by atoms with Gasteiger partial charge in [0.25, 0.3) is 0 Å². The first-order valence-electron chi connectivity index (χ1n) is 8.66. The second kappa shape index (κ2) is 7.92. The molecule has 1 N–H and O–H groups in total. The average Bonchev–Trinajstić information content (AvgIpc) is 3.02. The molecule has 2 amide bonds. The fourth-order valence-corrected chi connectivity index (χ4v) is 3.11. The number of amides is 2. The van der Waals surface area contributed by atoms with Crippen LogP contribution in [0.5, 0.6) is 0 Å². The van der Waals surface area contributed by atoms with Gasteiger partial charge >= 0.3 is 0 Å². The van der Waals surface area contributed by atoms with Gasteiger partial charge in [-0.2, -0.15) is 0 Å². The Bertz CT molecular complexity index is 718. The van der Waals surface area contributed by atoms with E-state index in [0.717, 1.165) is 12.1 Å². The van der Waals surface area contributed by atoms with E-state index in [2.05, 4.69) is 22.4 Å². The molecule has 3 rings (SSSR count). The molecular weight excluding hydrogens is 314 g/mol. The van der Waals surface area contributed by atoms with Crippen molar-refractivity contribution in [3.8, 4) is 0 Å². The third-order valence-corrected chi connectivity index (χ3v) is 4.59. The van der Waals surface area contributed by atoms with Gasteiger partial charge in [0.2, 0.25) is 11.8 Å². The molecule has 0 spiro atoms. The van der Waals surface area contributed by atoms with Gasteiger partial charge in [0.1, 0.15) is 0 Å². The van der Waals surface area contributed by atoms with Crippen molar-refractivity contribution in [1.29, 1.82) is 0 Å². The number of hydrogen-bond acceptors (Lipinski definition) is 3. The molecule has 1 aromatic carbocycles. The number of nitrogens with zero attached hydrogens (tertiary/aromatic N) is 2. The highest BCUT2D eigenvalue weighted by molar-refractivity contribution is 5.89. The van der Waals surface area contributed by atoms with Gasteiger partial charge in [-0.05, 0) is 31.0 Å². The summed E-state index contributed by atoms with van der Waals surface area (Å²) < 4.78 is 0. The average molecular weight is 337 g/mol. The van der Waals surface area contributed by atoms with Gasteiger partial charge in [0, 0.05) is 25.7 Å². The van der Waals surface area contributed by atoms with Crippen molar-refractivity contribution in [2.24, 2.45) is 5.92 Å². The Kier molecular flexibility index (Phi) is 5.43. The highest BCUT2D eigenvalue weighted by Crippen LogP contribution is 2.20. The van der Waals surface area contributed by atoms with E-state index in [-0.39, 0.29) is 30.2 Å². The number of pyridine rings is 1. The van der Waals surface area contributed by atoms with Crippen molar-refractivity contribution >= 4 is 11.8 Å². The minimum atomic E-state index is -0.283. The standard InChI is InChI=1S/C20H23N3O2/c1-15(18-9-5-6-11-21-18)22-20(25)17-13-19(24)23(14-17)12-10-16-7-3-2-4-8-16/h2-9,11,15,17H,10,12-14H2,1H3,(H,22,25)/t15-,17+/m0/s1. The Morgan fingerprint density at radius 1 is 1.24 bits per heavy atom. The van der Waals surface area contributed by atoms with E-state index in [1.807, 2.05) is 43.3 Å². The minimum absolute atomic E-state index is 0.0570. The first kappa shape index (κ1) is 17.1. The van der Waals surface area contributed by atoms with E-state index >= 15 is 0 Å². The summed E-state index contributed by atoms with van der Waals surface area (Å²) in [5.41, 5.74) is 2.02. The summed E-state index contributed by atoms with van der Waals surface area (Å²) in [5.74, 6) is -0.301. The Morgan fingerprint density at radius 2 is 2.00 bits per heavy atom. The van der Waals surface area contributed by atoms with Gasteiger partial charge in [0.05, 0.1) is 17.7 Å². The Labute approximate surface area is 148 Å². The Balaban J connectivity index is 1.52. The lowest BCUT2D eigenvalue weighted by molar-refractivity contribution is -0.129. The zero-order chi connectivity index (χ0) is 17.6. The quantitative estimate of drug-likeness (QED) is 0.880. The first-order chi connectivity index (χ1) is 12.1. The number of rotatable bonds is 6. The fourth-order valence-electron chi connectivity index (χ4n) is 3.11. The molecule has 1 aliphatic rings. The largest absolute Gasteiger partial charge is 0.348 e. The molecule has 130 valence electrons. The molecule has 2 aromatic rings. The lowest BCUT2D eigenvalue weighted by Gasteiger charge is -2.18. The van der Waals surface area contributed by atoms with Gasteiger partial charge in [-0.15, -0.1) is 0 Å². The minimum Gasteiger partial charge on any atom is -0.348 e. The molecule has 0 bridgehead atoms. The van der Waals surface area contributed by atoms with Crippen LogP contribution < -0.4 is 5.32 Å². The van der Waals surface area contributed by atoms with E-state index in [0.29, 0.717) is 13.1 Å². The normalized spacial score (nSPS) is 18.2. The summed E-state index contributed by atoms with van der Waals surface area (Å²) in [6, 6.07) is 15.5. The van der Waals surface area contributed by atoms with E-state index < -0.39 is 0 Å². The lowest BCUT2D eigenvalue weighted by Crippen LogP contribution is -2.35. The third kappa shape index (κ3) is 4.44. The van der Waals surface area contributed by atoms with Gasteiger partial charge in [-0.1, -0.05) is 36.4 Å². The fraction of sp³-hybridized carbons (Fsp3) is 0.350. The van der Waals surface area contributed by atoms with Crippen molar-refractivity contribution in [3.63, 3.8) is 0 Å². The van der Waals surface area contributed by atoms with Crippen LogP contribution in [0.25, 0.3) is 0 Å². The van der Waals surface area contributed by atoms with E-state index in [1.54, 1.807) is 11.1 Å². The van der Waals surface area contributed by atoms with Crippen molar-refractivity contribution < 1.29 is 9.59 Å². The molecule has 5 heteroatoms. The second-order valence-corrected chi connectivity index (χ2v) is 6.46. The van der Waals surface area contributed by atoms with Crippen LogP contribution in [0.1, 0.15) is 30.6 Å². The Hall–Kier alpha value is -2.69. The lowest BCUT2D eigenvalue weighted by atomic mass is 10.1. The van der Waals surface area contributed by atoms with Gasteiger partial charge in [0.15, 0.2) is 0 Å². The second-order valence-electron chi connectivity index (χ2n) is 6.46. The van der Waals surface area contributed by atoms with E-state index in [9.17, 15) is 9.59 Å². The number of carbonyl (C=O) groups excluding carboxylic acids is 2. The van der Waals surface area contributed by atoms with Crippen molar-refractivity contribution in [1.82, 2.24) is 15.2 Å². The molecular formula is C20H23N3O2. The maximum Gasteiger partial charge on any atom is 0.225 e. The summed E-state index contributed by atoms with van der Waals surface area (Å²) in [6.45, 7) is 3.05. The number of nitrogens with one attached hydrogen (secondary N) is 1. The summed E-state index contributed by atoms with van der Waals surface area (Å²) in [7, 11) is 0. The number of hydrogen-bond donors (Lipinski definition) is 1. The molecule has 0 radical (unpaired) electrons. The molecule has 0 aliphatic carbocycles. The molecule has 25 heavy (non-hydrogen) atoms. The summed E-state index contributed by atoms with van der Waals surface area (Å²) in [6.07, 6.45) is 2.81. The topological polar surface area (TPSA) is 62.3 Å². The zero-order valence-corrected chi connectivity index (χ0v) is 14.4. The maximum absolute atomic E-state index is 12.5. The van der Waals surface area contributed by atoms with Crippen LogP contribution in [0.3, 0.4) is 0 Å². The SMILES string of the molecule is C[C@H](NC(=O)[C@@H]1CC(=O)N(CCc2ccccc2)C1)c1ccccn1. The highest BCUT2D eigenvalue weighted by atomic mass is 16.2. The number of likely N-dealkylation sites (tertiary alicyclic amines) is 1. The smallest absolute Gasteiger partial charge is 0.225 e. The summed E-state index contributed by atoms with van der Waals surface area (Å²) in [5, 5.41) is 2.97. The number of aromatic nitrogens is 1. The van der Waals surface area contributed by atoms with Crippen molar-refractivity contribution in [3.05, 3.63) is 66.0 Å². The van der Waals surface area contributed by atoms with Crippen molar-refractivity contribution in [2.75, 3.05) is 13.1 Å². The van der Waals surface area contributed by atoms with Crippen LogP contribution in [0.15, 0.2) is 54.7 Å². The molecule has 0 saturated carbocycles. The third-order valence-electron chi connectivity index (χ3n) is 4.59. The molecule has 5 nitrogen and oxygen atoms in total. The molecule has 1 aromatic heterocycles. The maximum atomic E-state index is 12.5. The van der Waals surface area contributed by atoms with E-state index in [1.165, 1.54) is 5.56 Å². The molecule has 1 saturated heterocycles. The summed E-state index contributed by atoms with van der Waals surface area (Å²) >= 11 is 0. The molecule has 2 heterocycles. The van der Waals surface area contributed by atoms with Crippen LogP contribution in [-0.4, -0.2) is 34.8 Å². The molecule has 2 atom stereocenters. The highest BCUT2D eigenvalue weighted by Gasteiger charge is 2.34. The number of benzene rings is 1. The van der Waals surface area contributed by atoms with Crippen LogP contribution >= 0.6 is 0 Å². The summed E-state index contributed by atoms with van der Waals surface area (Å²) in [4.78, 5) is 30.7. The van der Waals surface area contributed by atoms with Crippen LogP contribution in [0.2, 0.25) is 0 Å². The van der Waals surface area contributed by atoms with Gasteiger partial charge < -0.3 is 10.2 Å². The Morgan fingerprint density at radius 3 is 2.72 bits per heavy atom. The van der Waals surface area contributed by atoms with Crippen LogP contribution in [0, 0.1) is 5.92 Å². The first-order valence-corrected chi connectivity index (χ1v) is 8.66. The predicted molar refractivity (Wildman–Crippen MR) is 95.6 cm³/mol. The molecule has 0 unspecified atom stereocenters. The molecule has 1 aliphatic heterocycles. The van der Waals surface area contributed by atoms with Crippen molar-refractivity contribution in [2.45, 2.75) is 25.8 Å². The van der Waals surface area contributed by atoms with Gasteiger partial charge in [-0.25, -0.2) is 0 Å². The van der Waals surface area contributed by atoms with Crippen LogP contribution in [-0.2, 0) is 16.0 Å². The molecule has 1 fully saturated rings. The number of carbonyl (C=O) groups is 2. The predicted octanol–water partition coefficient (Wildman–Crippen LogP) is 2.35. The van der Waals surface area contributed by atoms with Gasteiger partial charge in [-0.3, -0.25) is 14.6 Å². The van der Waals surface area contributed by atoms with E-state index in [4.69, 9.17) is 0 Å². The monoisotopic (exact) mass is 337 g/mol. The van der Waals surface area contributed by atoms with Crippen LogP contribution in [0.4, 0.5) is 0 Å². The zero-order valence-electron chi connectivity index (χ0n) is 14.4.